The number of alkyl halides is 3. The van der Waals surface area contributed by atoms with Crippen LogP contribution in [0, 0.1) is 0 Å². The smallest absolute Gasteiger partial charge is 0.416 e. The summed E-state index contributed by atoms with van der Waals surface area (Å²) in [7, 11) is 1.59. The van der Waals surface area contributed by atoms with Crippen molar-refractivity contribution in [2.24, 2.45) is 0 Å². The lowest BCUT2D eigenvalue weighted by Gasteiger charge is -2.31. The summed E-state index contributed by atoms with van der Waals surface area (Å²) in [5.41, 5.74) is 1.28. The predicted octanol–water partition coefficient (Wildman–Crippen LogP) is 4.86. The summed E-state index contributed by atoms with van der Waals surface area (Å²) in [5, 5.41) is 5.18. The molecule has 2 aromatic carbocycles. The zero-order chi connectivity index (χ0) is 23.4. The Kier molecular flexibility index (Phi) is 6.85. The van der Waals surface area contributed by atoms with Crippen LogP contribution in [0.5, 0.6) is 5.75 Å². The first-order chi connectivity index (χ1) is 15.8. The summed E-state index contributed by atoms with van der Waals surface area (Å²) >= 11 is 1.39. The second-order valence-corrected chi connectivity index (χ2v) is 8.28. The van der Waals surface area contributed by atoms with Gasteiger partial charge in [0.2, 0.25) is 5.91 Å². The number of nitrogens with one attached hydrogen (secondary N) is 1. The minimum absolute atomic E-state index is 0.0501. The maximum absolute atomic E-state index is 13.3. The van der Waals surface area contributed by atoms with Crippen molar-refractivity contribution in [2.45, 2.75) is 12.6 Å². The molecule has 0 spiro atoms. The quantitative estimate of drug-likeness (QED) is 0.550. The fourth-order valence-corrected chi connectivity index (χ4v) is 4.33. The molecule has 0 radical (unpaired) electrons. The molecule has 33 heavy (non-hydrogen) atoms. The summed E-state index contributed by atoms with van der Waals surface area (Å²) in [4.78, 5) is 19.1. The van der Waals surface area contributed by atoms with E-state index in [0.717, 1.165) is 28.5 Å². The summed E-state index contributed by atoms with van der Waals surface area (Å²) < 4.78 is 50.3. The second kappa shape index (κ2) is 9.80. The average Bonchev–Trinajstić information content (AvgIpc) is 3.27. The Bertz CT molecular complexity index is 1110. The van der Waals surface area contributed by atoms with Gasteiger partial charge in [-0.3, -0.25) is 4.79 Å². The molecular formula is C23H22F3N3O3S. The van der Waals surface area contributed by atoms with Crippen molar-refractivity contribution in [2.75, 3.05) is 43.6 Å². The number of benzene rings is 2. The molecule has 1 aliphatic rings. The lowest BCUT2D eigenvalue weighted by molar-refractivity contribution is -0.137. The van der Waals surface area contributed by atoms with Crippen molar-refractivity contribution in [1.82, 2.24) is 4.98 Å². The Labute approximate surface area is 193 Å². The number of thiazole rings is 1. The van der Waals surface area contributed by atoms with Crippen LogP contribution in [0.2, 0.25) is 0 Å². The predicted molar refractivity (Wildman–Crippen MR) is 121 cm³/mol. The standard InChI is InChI=1S/C23H22F3N3O3S/c1-31-18-5-2-15(3-6-18)22-27-17(14-33-22)13-21(30)28-19-12-16(23(24,25)26)4-7-20(19)29-8-10-32-11-9-29/h2-7,12,14H,8-11,13H2,1H3,(H,28,30). The highest BCUT2D eigenvalue weighted by Gasteiger charge is 2.32. The number of nitrogens with zero attached hydrogens (tertiary/aromatic N) is 2. The van der Waals surface area contributed by atoms with Crippen LogP contribution in [-0.4, -0.2) is 44.3 Å². The Balaban J connectivity index is 1.51. The molecule has 0 unspecified atom stereocenters. The highest BCUT2D eigenvalue weighted by Crippen LogP contribution is 2.36. The number of morpholine rings is 1. The van der Waals surface area contributed by atoms with Crippen molar-refractivity contribution >= 4 is 28.6 Å². The number of anilines is 2. The number of aromatic nitrogens is 1. The molecule has 1 fully saturated rings. The largest absolute Gasteiger partial charge is 0.497 e. The van der Waals surface area contributed by atoms with E-state index in [-0.39, 0.29) is 12.1 Å². The van der Waals surface area contributed by atoms with E-state index >= 15 is 0 Å². The van der Waals surface area contributed by atoms with Crippen molar-refractivity contribution in [3.8, 4) is 16.3 Å². The van der Waals surface area contributed by atoms with Crippen LogP contribution in [0.4, 0.5) is 24.5 Å². The number of amides is 1. The topological polar surface area (TPSA) is 63.7 Å². The van der Waals surface area contributed by atoms with Crippen LogP contribution in [0.3, 0.4) is 0 Å². The van der Waals surface area contributed by atoms with E-state index in [9.17, 15) is 18.0 Å². The SMILES string of the molecule is COc1ccc(-c2nc(CC(=O)Nc3cc(C(F)(F)F)ccc3N3CCOCC3)cs2)cc1. The van der Waals surface area contributed by atoms with Crippen molar-refractivity contribution in [1.29, 1.82) is 0 Å². The van der Waals surface area contributed by atoms with E-state index in [2.05, 4.69) is 10.3 Å². The average molecular weight is 478 g/mol. The van der Waals surface area contributed by atoms with E-state index in [1.54, 1.807) is 12.5 Å². The Morgan fingerprint density at radius 1 is 1.18 bits per heavy atom. The van der Waals surface area contributed by atoms with Crippen molar-refractivity contribution < 1.29 is 27.4 Å². The molecule has 1 saturated heterocycles. The number of halogens is 3. The number of methoxy groups -OCH3 is 1. The highest BCUT2D eigenvalue weighted by atomic mass is 32.1. The molecule has 1 aliphatic heterocycles. The third-order valence-electron chi connectivity index (χ3n) is 5.18. The molecule has 10 heteroatoms. The third kappa shape index (κ3) is 5.63. The summed E-state index contributed by atoms with van der Waals surface area (Å²) in [5.74, 6) is 0.294. The minimum Gasteiger partial charge on any atom is -0.497 e. The van der Waals surface area contributed by atoms with Crippen LogP contribution in [0.25, 0.3) is 10.6 Å². The molecule has 0 saturated carbocycles. The van der Waals surface area contributed by atoms with E-state index in [4.69, 9.17) is 9.47 Å². The molecule has 6 nitrogen and oxygen atoms in total. The fourth-order valence-electron chi connectivity index (χ4n) is 3.51. The van der Waals surface area contributed by atoms with Gasteiger partial charge in [0.05, 0.1) is 49.4 Å². The van der Waals surface area contributed by atoms with Crippen LogP contribution < -0.4 is 15.0 Å². The molecule has 2 heterocycles. The number of hydrogen-bond acceptors (Lipinski definition) is 6. The fraction of sp³-hybridized carbons (Fsp3) is 0.304. The molecule has 4 rings (SSSR count). The van der Waals surface area contributed by atoms with Gasteiger partial charge in [0.1, 0.15) is 10.8 Å². The lowest BCUT2D eigenvalue weighted by atomic mass is 10.1. The minimum atomic E-state index is -4.51. The van der Waals surface area contributed by atoms with Gasteiger partial charge in [0.15, 0.2) is 0 Å². The first-order valence-corrected chi connectivity index (χ1v) is 11.1. The van der Waals surface area contributed by atoms with Crippen LogP contribution in [-0.2, 0) is 22.1 Å². The zero-order valence-electron chi connectivity index (χ0n) is 17.8. The molecule has 1 aromatic heterocycles. The molecule has 1 N–H and O–H groups in total. The Morgan fingerprint density at radius 3 is 2.58 bits per heavy atom. The number of carbonyl (C=O) groups excluding carboxylic acids is 1. The van der Waals surface area contributed by atoms with Crippen LogP contribution in [0.1, 0.15) is 11.3 Å². The van der Waals surface area contributed by atoms with Crippen molar-refractivity contribution in [3.63, 3.8) is 0 Å². The molecule has 1 amide bonds. The van der Waals surface area contributed by atoms with Crippen molar-refractivity contribution in [3.05, 3.63) is 59.1 Å². The number of ether oxygens (including phenoxy) is 2. The van der Waals surface area contributed by atoms with E-state index in [1.807, 2.05) is 29.2 Å². The summed E-state index contributed by atoms with van der Waals surface area (Å²) in [6.45, 7) is 2.01. The zero-order valence-corrected chi connectivity index (χ0v) is 18.6. The van der Waals surface area contributed by atoms with Gasteiger partial charge >= 0.3 is 6.18 Å². The molecular weight excluding hydrogens is 455 g/mol. The lowest BCUT2D eigenvalue weighted by Crippen LogP contribution is -2.37. The van der Waals surface area contributed by atoms with Gasteiger partial charge in [0.25, 0.3) is 0 Å². The monoisotopic (exact) mass is 477 g/mol. The van der Waals surface area contributed by atoms with Crippen LogP contribution >= 0.6 is 11.3 Å². The number of carbonyl (C=O) groups is 1. The van der Waals surface area contributed by atoms with Gasteiger partial charge in [0, 0.05) is 24.0 Å². The Morgan fingerprint density at radius 2 is 1.91 bits per heavy atom. The summed E-state index contributed by atoms with van der Waals surface area (Å²) in [6, 6.07) is 10.8. The van der Waals surface area contributed by atoms with Gasteiger partial charge in [-0.25, -0.2) is 4.98 Å². The maximum Gasteiger partial charge on any atom is 0.416 e. The van der Waals surface area contributed by atoms with E-state index in [0.29, 0.717) is 37.7 Å². The normalized spacial score (nSPS) is 14.2. The molecule has 0 bridgehead atoms. The summed E-state index contributed by atoms with van der Waals surface area (Å²) in [6.07, 6.45) is -4.56. The van der Waals surface area contributed by atoms with E-state index < -0.39 is 17.6 Å². The molecule has 0 atom stereocenters. The van der Waals surface area contributed by atoms with E-state index in [1.165, 1.54) is 17.4 Å². The number of rotatable bonds is 6. The van der Waals surface area contributed by atoms with Gasteiger partial charge < -0.3 is 19.7 Å². The second-order valence-electron chi connectivity index (χ2n) is 7.43. The van der Waals surface area contributed by atoms with Gasteiger partial charge in [-0.2, -0.15) is 13.2 Å². The first-order valence-electron chi connectivity index (χ1n) is 10.3. The van der Waals surface area contributed by atoms with Gasteiger partial charge in [-0.1, -0.05) is 0 Å². The van der Waals surface area contributed by atoms with Crippen LogP contribution in [0.15, 0.2) is 47.8 Å². The van der Waals surface area contributed by atoms with Gasteiger partial charge in [-0.15, -0.1) is 11.3 Å². The molecule has 174 valence electrons. The Hall–Kier alpha value is -3.11. The molecule has 0 aliphatic carbocycles. The highest BCUT2D eigenvalue weighted by molar-refractivity contribution is 7.13. The molecule has 3 aromatic rings. The van der Waals surface area contributed by atoms with Gasteiger partial charge in [-0.05, 0) is 42.5 Å². The third-order valence-corrected chi connectivity index (χ3v) is 6.12. The number of hydrogen-bond donors (Lipinski definition) is 1. The maximum atomic E-state index is 13.3. The first kappa shape index (κ1) is 23.1.